The standard InChI is InChI=1S/C28H50O7Si2/c1-20(17-32-36(9,10)27(2,3)4)24-25(35-26(29)34-24)23(19-33-37(11,12)28(5,6)7)31-18-21-13-15-22(30-8)16-14-21/h13-16,20,23-25H,17-19H2,1-12H3/t20-,23+,24-,25-/m1/s1. The van der Waals surface area contributed by atoms with Crippen LogP contribution in [0.15, 0.2) is 24.3 Å². The number of carbonyl (C=O) groups excluding carboxylic acids is 1. The molecule has 7 nitrogen and oxygen atoms in total. The van der Waals surface area contributed by atoms with E-state index in [-0.39, 0.29) is 16.0 Å². The highest BCUT2D eigenvalue weighted by atomic mass is 28.4. The average Bonchev–Trinajstić information content (AvgIpc) is 3.17. The van der Waals surface area contributed by atoms with Gasteiger partial charge in [-0.15, -0.1) is 0 Å². The van der Waals surface area contributed by atoms with Crippen LogP contribution in [0, 0.1) is 5.92 Å². The van der Waals surface area contributed by atoms with Crippen molar-refractivity contribution in [2.24, 2.45) is 5.92 Å². The van der Waals surface area contributed by atoms with Crippen molar-refractivity contribution in [3.63, 3.8) is 0 Å². The van der Waals surface area contributed by atoms with Crippen LogP contribution in [0.3, 0.4) is 0 Å². The van der Waals surface area contributed by atoms with E-state index in [0.717, 1.165) is 11.3 Å². The van der Waals surface area contributed by atoms with Crippen molar-refractivity contribution in [3.05, 3.63) is 29.8 Å². The van der Waals surface area contributed by atoms with Gasteiger partial charge in [-0.3, -0.25) is 0 Å². The highest BCUT2D eigenvalue weighted by molar-refractivity contribution is 6.74. The molecular weight excluding hydrogens is 504 g/mol. The lowest BCUT2D eigenvalue weighted by molar-refractivity contribution is -0.0786. The largest absolute Gasteiger partial charge is 0.509 e. The Balaban J connectivity index is 2.21. The zero-order valence-corrected chi connectivity index (χ0v) is 27.1. The molecule has 0 aromatic heterocycles. The molecule has 1 aromatic carbocycles. The van der Waals surface area contributed by atoms with Crippen LogP contribution in [0.2, 0.25) is 36.3 Å². The summed E-state index contributed by atoms with van der Waals surface area (Å²) in [5.41, 5.74) is 0.995. The van der Waals surface area contributed by atoms with E-state index in [9.17, 15) is 4.79 Å². The van der Waals surface area contributed by atoms with Crippen LogP contribution < -0.4 is 4.74 Å². The number of cyclic esters (lactones) is 2. The molecule has 0 spiro atoms. The van der Waals surface area contributed by atoms with Crippen molar-refractivity contribution >= 4 is 22.8 Å². The highest BCUT2D eigenvalue weighted by Gasteiger charge is 2.48. The van der Waals surface area contributed by atoms with Crippen LogP contribution in [0.5, 0.6) is 5.75 Å². The molecule has 9 heteroatoms. The third-order valence-electron chi connectivity index (χ3n) is 8.27. The Bertz CT molecular complexity index is 872. The molecule has 0 saturated carbocycles. The molecule has 1 aliphatic rings. The molecule has 212 valence electrons. The van der Waals surface area contributed by atoms with E-state index in [1.54, 1.807) is 7.11 Å². The van der Waals surface area contributed by atoms with E-state index in [2.05, 4.69) is 67.7 Å². The van der Waals surface area contributed by atoms with Gasteiger partial charge >= 0.3 is 6.16 Å². The Hall–Kier alpha value is -1.40. The minimum atomic E-state index is -2.06. The fourth-order valence-electron chi connectivity index (χ4n) is 3.43. The average molecular weight is 555 g/mol. The molecule has 1 aromatic rings. The number of hydrogen-bond donors (Lipinski definition) is 0. The van der Waals surface area contributed by atoms with Gasteiger partial charge < -0.3 is 27.8 Å². The normalized spacial score (nSPS) is 20.8. The molecule has 1 heterocycles. The Morgan fingerprint density at radius 2 is 1.32 bits per heavy atom. The summed E-state index contributed by atoms with van der Waals surface area (Å²) in [6.07, 6.45) is -2.22. The van der Waals surface area contributed by atoms with Crippen molar-refractivity contribution in [1.29, 1.82) is 0 Å². The summed E-state index contributed by atoms with van der Waals surface area (Å²) in [6, 6.07) is 7.74. The van der Waals surface area contributed by atoms with Crippen molar-refractivity contribution in [2.45, 2.75) is 110 Å². The highest BCUT2D eigenvalue weighted by Crippen LogP contribution is 2.39. The first kappa shape index (κ1) is 31.8. The second-order valence-corrected chi connectivity index (χ2v) is 22.9. The predicted molar refractivity (Wildman–Crippen MR) is 152 cm³/mol. The molecule has 0 unspecified atom stereocenters. The fourth-order valence-corrected chi connectivity index (χ4v) is 5.56. The van der Waals surface area contributed by atoms with Crippen LogP contribution in [-0.2, 0) is 29.7 Å². The van der Waals surface area contributed by atoms with Crippen LogP contribution in [0.25, 0.3) is 0 Å². The quantitative estimate of drug-likeness (QED) is 0.200. The number of benzene rings is 1. The van der Waals surface area contributed by atoms with Gasteiger partial charge in [-0.1, -0.05) is 60.6 Å². The van der Waals surface area contributed by atoms with Crippen molar-refractivity contribution in [3.8, 4) is 5.75 Å². The van der Waals surface area contributed by atoms with Crippen molar-refractivity contribution < 1.29 is 32.6 Å². The van der Waals surface area contributed by atoms with Crippen LogP contribution in [0.1, 0.15) is 54.0 Å². The minimum absolute atomic E-state index is 0.0418. The SMILES string of the molecule is COc1ccc(CO[C@@H](CO[Si](C)(C)C(C)(C)C)[C@H]2OC(=O)O[C@@H]2[C@H](C)CO[Si](C)(C)C(C)(C)C)cc1. The Morgan fingerprint density at radius 1 is 0.838 bits per heavy atom. The lowest BCUT2D eigenvalue weighted by Gasteiger charge is -2.39. The van der Waals surface area contributed by atoms with E-state index in [1.807, 2.05) is 31.2 Å². The van der Waals surface area contributed by atoms with E-state index in [4.69, 9.17) is 27.8 Å². The van der Waals surface area contributed by atoms with Gasteiger partial charge in [0.05, 0.1) is 20.3 Å². The van der Waals surface area contributed by atoms with Gasteiger partial charge in [0, 0.05) is 12.5 Å². The summed E-state index contributed by atoms with van der Waals surface area (Å²) in [5.74, 6) is 0.723. The van der Waals surface area contributed by atoms with Gasteiger partial charge in [-0.05, 0) is 54.0 Å². The van der Waals surface area contributed by atoms with E-state index < -0.39 is 41.1 Å². The first-order valence-corrected chi connectivity index (χ1v) is 19.1. The molecule has 0 radical (unpaired) electrons. The topological polar surface area (TPSA) is 72.5 Å². The molecule has 4 atom stereocenters. The summed E-state index contributed by atoms with van der Waals surface area (Å²) < 4.78 is 36.0. The second-order valence-electron chi connectivity index (χ2n) is 13.2. The molecule has 1 fully saturated rings. The van der Waals surface area contributed by atoms with Gasteiger partial charge in [-0.25, -0.2) is 4.79 Å². The van der Waals surface area contributed by atoms with Crippen LogP contribution in [0.4, 0.5) is 4.79 Å². The maximum atomic E-state index is 12.4. The Kier molecular flexibility index (Phi) is 10.5. The van der Waals surface area contributed by atoms with Crippen LogP contribution in [-0.4, -0.2) is 61.4 Å². The van der Waals surface area contributed by atoms with E-state index in [0.29, 0.717) is 19.8 Å². The first-order valence-electron chi connectivity index (χ1n) is 13.3. The summed E-state index contributed by atoms with van der Waals surface area (Å²) >= 11 is 0. The van der Waals surface area contributed by atoms with Crippen molar-refractivity contribution in [1.82, 2.24) is 0 Å². The molecule has 0 N–H and O–H groups in total. The van der Waals surface area contributed by atoms with Gasteiger partial charge in [0.1, 0.15) is 18.0 Å². The maximum Gasteiger partial charge on any atom is 0.509 e. The minimum Gasteiger partial charge on any atom is -0.497 e. The third-order valence-corrected chi connectivity index (χ3v) is 17.3. The number of carbonyl (C=O) groups is 1. The molecule has 1 saturated heterocycles. The predicted octanol–water partition coefficient (Wildman–Crippen LogP) is 7.16. The summed E-state index contributed by atoms with van der Waals surface area (Å²) in [5, 5.41) is 0.135. The summed E-state index contributed by atoms with van der Waals surface area (Å²) in [6.45, 7) is 25.3. The van der Waals surface area contributed by atoms with Gasteiger partial charge in [0.15, 0.2) is 22.7 Å². The molecule has 37 heavy (non-hydrogen) atoms. The molecule has 0 bridgehead atoms. The molecule has 1 aliphatic heterocycles. The Labute approximate surface area is 226 Å². The smallest absolute Gasteiger partial charge is 0.497 e. The molecule has 2 rings (SSSR count). The summed E-state index contributed by atoms with van der Waals surface area (Å²) in [7, 11) is -2.38. The van der Waals surface area contributed by atoms with Gasteiger partial charge in [0.2, 0.25) is 0 Å². The number of rotatable bonds is 12. The molecular formula is C28H50O7Si2. The third kappa shape index (κ3) is 8.55. The second kappa shape index (κ2) is 12.2. The molecule has 0 amide bonds. The van der Waals surface area contributed by atoms with Crippen molar-refractivity contribution in [2.75, 3.05) is 20.3 Å². The summed E-state index contributed by atoms with van der Waals surface area (Å²) in [4.78, 5) is 12.4. The molecule has 0 aliphatic carbocycles. The van der Waals surface area contributed by atoms with E-state index >= 15 is 0 Å². The lowest BCUT2D eigenvalue weighted by atomic mass is 9.97. The van der Waals surface area contributed by atoms with Gasteiger partial charge in [-0.2, -0.15) is 0 Å². The van der Waals surface area contributed by atoms with Crippen LogP contribution >= 0.6 is 0 Å². The number of hydrogen-bond acceptors (Lipinski definition) is 7. The maximum absolute atomic E-state index is 12.4. The Morgan fingerprint density at radius 3 is 1.81 bits per heavy atom. The number of methoxy groups -OCH3 is 1. The fraction of sp³-hybridized carbons (Fsp3) is 0.750. The lowest BCUT2D eigenvalue weighted by Crippen LogP contribution is -2.49. The zero-order chi connectivity index (χ0) is 28.2. The zero-order valence-electron chi connectivity index (χ0n) is 25.1. The number of ether oxygens (including phenoxy) is 4. The van der Waals surface area contributed by atoms with E-state index in [1.165, 1.54) is 0 Å². The van der Waals surface area contributed by atoms with Gasteiger partial charge in [0.25, 0.3) is 0 Å². The first-order chi connectivity index (χ1) is 16.9. The monoisotopic (exact) mass is 554 g/mol.